The molecule has 2 heterocycles. The first-order valence-electron chi connectivity index (χ1n) is 8.77. The molecule has 4 rings (SSSR count). The van der Waals surface area contributed by atoms with Gasteiger partial charge in [0.25, 0.3) is 0 Å². The molecule has 138 valence electrons. The van der Waals surface area contributed by atoms with Crippen LogP contribution < -0.4 is 4.74 Å². The van der Waals surface area contributed by atoms with Gasteiger partial charge in [-0.15, -0.1) is 12.4 Å². The minimum absolute atomic E-state index is 0. The second-order valence-corrected chi connectivity index (χ2v) is 7.42. The number of nitrogens with zero attached hydrogens (tertiary/aromatic N) is 1. The molecule has 1 aromatic heterocycles. The van der Waals surface area contributed by atoms with Crippen LogP contribution in [0.1, 0.15) is 29.9 Å². The molecule has 1 saturated heterocycles. The first-order valence-corrected chi connectivity index (χ1v) is 9.56. The molecule has 26 heavy (non-hydrogen) atoms. The molecule has 5 heteroatoms. The smallest absolute Gasteiger partial charge is 0.174 e. The summed E-state index contributed by atoms with van der Waals surface area (Å²) >= 11 is 3.61. The second kappa shape index (κ2) is 8.47. The molecule has 1 fully saturated rings. The van der Waals surface area contributed by atoms with Crippen molar-refractivity contribution < 1.29 is 9.15 Å². The number of ether oxygens (including phenoxy) is 1. The van der Waals surface area contributed by atoms with E-state index in [4.69, 9.17) is 9.15 Å². The number of rotatable bonds is 4. The molecule has 0 amide bonds. The Morgan fingerprint density at radius 2 is 2.04 bits per heavy atom. The molecule has 3 nitrogen and oxygen atoms in total. The Labute approximate surface area is 168 Å². The predicted molar refractivity (Wildman–Crippen MR) is 111 cm³/mol. The molecular weight excluding hydrogens is 414 g/mol. The third-order valence-corrected chi connectivity index (χ3v) is 5.74. The van der Waals surface area contributed by atoms with Gasteiger partial charge in [0.2, 0.25) is 0 Å². The Morgan fingerprint density at radius 3 is 2.88 bits per heavy atom. The number of fused-ring (bicyclic) bond motifs is 1. The van der Waals surface area contributed by atoms with E-state index in [-0.39, 0.29) is 12.4 Å². The number of para-hydroxylation sites is 1. The van der Waals surface area contributed by atoms with Crippen molar-refractivity contribution in [2.45, 2.75) is 25.3 Å². The van der Waals surface area contributed by atoms with Gasteiger partial charge in [0.05, 0.1) is 7.11 Å². The molecule has 1 aliphatic rings. The van der Waals surface area contributed by atoms with Gasteiger partial charge < -0.3 is 9.15 Å². The number of furan rings is 1. The van der Waals surface area contributed by atoms with E-state index < -0.39 is 0 Å². The zero-order chi connectivity index (χ0) is 17.2. The molecule has 0 spiro atoms. The summed E-state index contributed by atoms with van der Waals surface area (Å²) in [6.07, 6.45) is 2.45. The zero-order valence-electron chi connectivity index (χ0n) is 14.8. The number of hydrogen-bond donors (Lipinski definition) is 0. The average Bonchev–Trinajstić information content (AvgIpc) is 2.97. The topological polar surface area (TPSA) is 25.6 Å². The first kappa shape index (κ1) is 19.3. The van der Waals surface area contributed by atoms with Crippen LogP contribution in [0.15, 0.2) is 57.6 Å². The van der Waals surface area contributed by atoms with Gasteiger partial charge in [0, 0.05) is 24.0 Å². The average molecular weight is 437 g/mol. The highest BCUT2D eigenvalue weighted by atomic mass is 79.9. The monoisotopic (exact) mass is 435 g/mol. The predicted octanol–water partition coefficient (Wildman–Crippen LogP) is 6.01. The van der Waals surface area contributed by atoms with Gasteiger partial charge in [-0.05, 0) is 65.0 Å². The van der Waals surface area contributed by atoms with Gasteiger partial charge in [-0.2, -0.15) is 0 Å². The van der Waals surface area contributed by atoms with Crippen LogP contribution in [-0.4, -0.2) is 25.1 Å². The Balaban J connectivity index is 0.00000196. The van der Waals surface area contributed by atoms with E-state index in [9.17, 15) is 0 Å². The summed E-state index contributed by atoms with van der Waals surface area (Å²) in [6.45, 7) is 3.11. The summed E-state index contributed by atoms with van der Waals surface area (Å²) in [5.74, 6) is 1.50. The zero-order valence-corrected chi connectivity index (χ0v) is 17.2. The molecule has 1 atom stereocenters. The van der Waals surface area contributed by atoms with Crippen molar-refractivity contribution in [1.29, 1.82) is 0 Å². The van der Waals surface area contributed by atoms with Crippen LogP contribution in [0.3, 0.4) is 0 Å². The Bertz CT molecular complexity index is 879. The minimum atomic E-state index is 0. The fourth-order valence-electron chi connectivity index (χ4n) is 3.81. The fraction of sp³-hybridized carbons (Fsp3) is 0.333. The number of piperidine rings is 1. The van der Waals surface area contributed by atoms with Crippen molar-refractivity contribution in [2.24, 2.45) is 0 Å². The van der Waals surface area contributed by atoms with Crippen LogP contribution >= 0.6 is 28.3 Å². The van der Waals surface area contributed by atoms with Crippen molar-refractivity contribution in [3.8, 4) is 5.75 Å². The second-order valence-electron chi connectivity index (χ2n) is 6.70. The SMILES string of the molecule is COc1cccc(C2CCCN(Cc3c(Br)oc4ccccc34)C2)c1.Cl. The van der Waals surface area contributed by atoms with Crippen molar-refractivity contribution in [3.63, 3.8) is 0 Å². The van der Waals surface area contributed by atoms with Crippen LogP contribution in [0.5, 0.6) is 5.75 Å². The molecule has 0 aliphatic carbocycles. The maximum Gasteiger partial charge on any atom is 0.174 e. The van der Waals surface area contributed by atoms with E-state index >= 15 is 0 Å². The number of hydrogen-bond acceptors (Lipinski definition) is 3. The molecule has 0 N–H and O–H groups in total. The summed E-state index contributed by atoms with van der Waals surface area (Å²) < 4.78 is 12.1. The highest BCUT2D eigenvalue weighted by Crippen LogP contribution is 2.34. The van der Waals surface area contributed by atoms with Gasteiger partial charge in [0.1, 0.15) is 11.3 Å². The Morgan fingerprint density at radius 1 is 1.19 bits per heavy atom. The molecule has 1 aliphatic heterocycles. The number of benzene rings is 2. The van der Waals surface area contributed by atoms with E-state index in [1.54, 1.807) is 7.11 Å². The molecule has 0 saturated carbocycles. The molecule has 0 radical (unpaired) electrons. The van der Waals surface area contributed by atoms with Gasteiger partial charge >= 0.3 is 0 Å². The molecule has 0 bridgehead atoms. The van der Waals surface area contributed by atoms with Crippen molar-refractivity contribution >= 4 is 39.3 Å². The summed E-state index contributed by atoms with van der Waals surface area (Å²) in [7, 11) is 1.73. The van der Waals surface area contributed by atoms with Crippen LogP contribution in [-0.2, 0) is 6.54 Å². The number of methoxy groups -OCH3 is 1. The molecule has 1 unspecified atom stereocenters. The lowest BCUT2D eigenvalue weighted by molar-refractivity contribution is 0.199. The summed E-state index contributed by atoms with van der Waals surface area (Å²) in [6, 6.07) is 16.8. The summed E-state index contributed by atoms with van der Waals surface area (Å²) in [5, 5.41) is 1.21. The Kier molecular flexibility index (Phi) is 6.28. The largest absolute Gasteiger partial charge is 0.497 e. The Hall–Kier alpha value is -1.49. The lowest BCUT2D eigenvalue weighted by Crippen LogP contribution is -2.33. The number of halogens is 2. The minimum Gasteiger partial charge on any atom is -0.497 e. The third-order valence-electron chi connectivity index (χ3n) is 5.10. The van der Waals surface area contributed by atoms with E-state index in [1.807, 2.05) is 18.2 Å². The van der Waals surface area contributed by atoms with Gasteiger partial charge in [-0.1, -0.05) is 30.3 Å². The lowest BCUT2D eigenvalue weighted by atomic mass is 9.90. The summed E-state index contributed by atoms with van der Waals surface area (Å²) in [5.41, 5.74) is 3.58. The van der Waals surface area contributed by atoms with Gasteiger partial charge in [-0.3, -0.25) is 4.90 Å². The van der Waals surface area contributed by atoms with Crippen molar-refractivity contribution in [2.75, 3.05) is 20.2 Å². The van der Waals surface area contributed by atoms with Gasteiger partial charge in [0.15, 0.2) is 4.67 Å². The van der Waals surface area contributed by atoms with Crippen LogP contribution in [0, 0.1) is 0 Å². The maximum absolute atomic E-state index is 5.86. The third kappa shape index (κ3) is 3.93. The van der Waals surface area contributed by atoms with Crippen LogP contribution in [0.25, 0.3) is 11.0 Å². The van der Waals surface area contributed by atoms with E-state index in [0.717, 1.165) is 35.6 Å². The lowest BCUT2D eigenvalue weighted by Gasteiger charge is -2.33. The summed E-state index contributed by atoms with van der Waals surface area (Å²) in [4.78, 5) is 2.54. The van der Waals surface area contributed by atoms with E-state index in [1.165, 1.54) is 29.4 Å². The highest BCUT2D eigenvalue weighted by molar-refractivity contribution is 9.10. The van der Waals surface area contributed by atoms with E-state index in [2.05, 4.69) is 51.2 Å². The van der Waals surface area contributed by atoms with Crippen LogP contribution in [0.2, 0.25) is 0 Å². The highest BCUT2D eigenvalue weighted by Gasteiger charge is 2.23. The molecular formula is C21H23BrClNO2. The molecule has 3 aromatic rings. The molecule has 2 aromatic carbocycles. The fourth-order valence-corrected chi connectivity index (χ4v) is 4.32. The first-order chi connectivity index (χ1) is 12.2. The van der Waals surface area contributed by atoms with E-state index in [0.29, 0.717) is 5.92 Å². The standard InChI is InChI=1S/C21H22BrNO2.ClH/c1-24-17-8-4-6-15(12-17)16-7-5-11-23(13-16)14-19-18-9-2-3-10-20(18)25-21(19)22;/h2-4,6,8-10,12,16H,5,7,11,13-14H2,1H3;1H. The van der Waals surface area contributed by atoms with Crippen molar-refractivity contribution in [3.05, 3.63) is 64.3 Å². The quantitative estimate of drug-likeness (QED) is 0.501. The maximum atomic E-state index is 5.86. The van der Waals surface area contributed by atoms with Crippen LogP contribution in [0.4, 0.5) is 0 Å². The number of likely N-dealkylation sites (tertiary alicyclic amines) is 1. The van der Waals surface area contributed by atoms with Gasteiger partial charge in [-0.25, -0.2) is 0 Å². The normalized spacial score (nSPS) is 17.8. The van der Waals surface area contributed by atoms with Crippen molar-refractivity contribution in [1.82, 2.24) is 4.90 Å².